The monoisotopic (exact) mass is 819 g/mol. The third-order valence-corrected chi connectivity index (χ3v) is 12.5. The van der Waals surface area contributed by atoms with Crippen LogP contribution >= 0.6 is 0 Å². The minimum Gasteiger partial charge on any atom is -0.355 e. The molecule has 11 aromatic rings. The van der Waals surface area contributed by atoms with Gasteiger partial charge in [-0.2, -0.15) is 0 Å². The second kappa shape index (κ2) is 17.8. The van der Waals surface area contributed by atoms with Gasteiger partial charge in [0.2, 0.25) is 0 Å². The summed E-state index contributed by atoms with van der Waals surface area (Å²) in [5.74, 6) is 0. The number of fused-ring (bicyclic) bond motifs is 6. The third kappa shape index (κ3) is 8.20. The van der Waals surface area contributed by atoms with Crippen LogP contribution in [0.5, 0.6) is 0 Å². The lowest BCUT2D eigenvalue weighted by atomic mass is 9.92. The summed E-state index contributed by atoms with van der Waals surface area (Å²) in [4.78, 5) is 0. The molecule has 306 valence electrons. The number of anilines is 2. The average molecular weight is 820 g/mol. The van der Waals surface area contributed by atoms with Crippen LogP contribution in [0.2, 0.25) is 0 Å². The Labute approximate surface area is 377 Å². The third-order valence-electron chi connectivity index (χ3n) is 12.5. The van der Waals surface area contributed by atoms with Crippen molar-refractivity contribution in [2.24, 2.45) is 0 Å². The molecule has 0 atom stereocenters. The second-order valence-corrected chi connectivity index (χ2v) is 16.8. The molecular weight excluding hydrogens is 771 g/mol. The SMILES string of the molecule is Cc1ccc2c3ccccc3c3ccccc3c2c1.Cc1ccccc1-c1cc(-c2cccc(-c3ccccc3Nc3ccc(-c4ccc(-c5ccccc5)cc4)cc3)c2)ccc1C. The quantitative estimate of drug-likeness (QED) is 0.158. The summed E-state index contributed by atoms with van der Waals surface area (Å²) in [5, 5.41) is 11.8. The maximum Gasteiger partial charge on any atom is 0.0463 e. The van der Waals surface area contributed by atoms with Gasteiger partial charge >= 0.3 is 0 Å². The first kappa shape index (κ1) is 40.1. The average Bonchev–Trinajstić information content (AvgIpc) is 3.35. The molecule has 11 aromatic carbocycles. The first-order valence-corrected chi connectivity index (χ1v) is 22.2. The van der Waals surface area contributed by atoms with Gasteiger partial charge in [0, 0.05) is 16.9 Å². The van der Waals surface area contributed by atoms with Crippen molar-refractivity contribution in [3.05, 3.63) is 253 Å². The standard InChI is InChI=1S/C44H35N.C19H14/c1-31-11-6-7-16-41(31)43-30-38(20-19-32(43)2)37-14-10-15-39(29-37)42-17-8-9-18-44(42)45-40-27-25-36(26-28-40)35-23-21-34(22-24-35)33-12-4-3-5-13-33;1-13-10-11-18-16-8-3-2-6-14(16)15-7-4-5-9-17(15)19(18)12-13/h3-30,45H,1-2H3;2-12H,1H3. The van der Waals surface area contributed by atoms with Gasteiger partial charge < -0.3 is 5.32 Å². The molecule has 0 bridgehead atoms. The minimum atomic E-state index is 1.06. The van der Waals surface area contributed by atoms with E-state index in [0.29, 0.717) is 0 Å². The van der Waals surface area contributed by atoms with Crippen molar-refractivity contribution in [2.75, 3.05) is 5.32 Å². The number of hydrogen-bond donors (Lipinski definition) is 1. The van der Waals surface area contributed by atoms with Crippen LogP contribution < -0.4 is 5.32 Å². The highest BCUT2D eigenvalue weighted by molar-refractivity contribution is 6.25. The lowest BCUT2D eigenvalue weighted by molar-refractivity contribution is 1.41. The Balaban J connectivity index is 0.000000211. The molecule has 0 amide bonds. The Morgan fingerprint density at radius 3 is 1.36 bits per heavy atom. The molecule has 0 aliphatic carbocycles. The van der Waals surface area contributed by atoms with Crippen molar-refractivity contribution in [3.8, 4) is 55.6 Å². The summed E-state index contributed by atoms with van der Waals surface area (Å²) >= 11 is 0. The molecule has 1 nitrogen and oxygen atoms in total. The molecule has 0 radical (unpaired) electrons. The van der Waals surface area contributed by atoms with Gasteiger partial charge in [-0.1, -0.05) is 212 Å². The van der Waals surface area contributed by atoms with Gasteiger partial charge in [0.05, 0.1) is 0 Å². The molecule has 0 aliphatic heterocycles. The summed E-state index contributed by atoms with van der Waals surface area (Å²) in [6, 6.07) is 84.9. The minimum absolute atomic E-state index is 1.06. The summed E-state index contributed by atoms with van der Waals surface area (Å²) in [5.41, 5.74) is 18.3. The predicted molar refractivity (Wildman–Crippen MR) is 277 cm³/mol. The van der Waals surface area contributed by atoms with Gasteiger partial charge in [-0.05, 0) is 145 Å². The molecule has 0 unspecified atom stereocenters. The Kier molecular flexibility index (Phi) is 11.1. The molecular formula is C63H49N. The van der Waals surface area contributed by atoms with Crippen molar-refractivity contribution in [3.63, 3.8) is 0 Å². The van der Waals surface area contributed by atoms with E-state index in [2.05, 4.69) is 263 Å². The van der Waals surface area contributed by atoms with E-state index in [-0.39, 0.29) is 0 Å². The maximum atomic E-state index is 3.68. The van der Waals surface area contributed by atoms with Gasteiger partial charge in [0.25, 0.3) is 0 Å². The van der Waals surface area contributed by atoms with Crippen LogP contribution in [-0.2, 0) is 0 Å². The molecule has 0 aromatic heterocycles. The first-order valence-electron chi connectivity index (χ1n) is 22.2. The fourth-order valence-corrected chi connectivity index (χ4v) is 9.09. The van der Waals surface area contributed by atoms with E-state index in [9.17, 15) is 0 Å². The van der Waals surface area contributed by atoms with Crippen LogP contribution in [0.4, 0.5) is 11.4 Å². The maximum absolute atomic E-state index is 3.68. The summed E-state index contributed by atoms with van der Waals surface area (Å²) in [6.45, 7) is 6.53. The molecule has 0 fully saturated rings. The number of hydrogen-bond acceptors (Lipinski definition) is 1. The number of para-hydroxylation sites is 1. The van der Waals surface area contributed by atoms with E-state index in [4.69, 9.17) is 0 Å². The fraction of sp³-hybridized carbons (Fsp3) is 0.0476. The second-order valence-electron chi connectivity index (χ2n) is 16.8. The van der Waals surface area contributed by atoms with Crippen LogP contribution in [0.15, 0.2) is 237 Å². The van der Waals surface area contributed by atoms with E-state index in [1.807, 2.05) is 0 Å². The number of rotatable bonds is 7. The van der Waals surface area contributed by atoms with Crippen molar-refractivity contribution >= 4 is 43.7 Å². The zero-order chi connectivity index (χ0) is 43.4. The topological polar surface area (TPSA) is 12.0 Å². The highest BCUT2D eigenvalue weighted by Crippen LogP contribution is 2.37. The van der Waals surface area contributed by atoms with Crippen LogP contribution in [0.1, 0.15) is 16.7 Å². The van der Waals surface area contributed by atoms with Crippen molar-refractivity contribution in [2.45, 2.75) is 20.8 Å². The molecule has 1 heteroatoms. The molecule has 11 rings (SSSR count). The van der Waals surface area contributed by atoms with Gasteiger partial charge in [-0.25, -0.2) is 0 Å². The Morgan fingerprint density at radius 1 is 0.250 bits per heavy atom. The summed E-state index contributed by atoms with van der Waals surface area (Å²) in [6.07, 6.45) is 0. The van der Waals surface area contributed by atoms with Crippen molar-refractivity contribution in [1.29, 1.82) is 0 Å². The van der Waals surface area contributed by atoms with Crippen molar-refractivity contribution in [1.82, 2.24) is 0 Å². The van der Waals surface area contributed by atoms with Gasteiger partial charge in [-0.15, -0.1) is 0 Å². The van der Waals surface area contributed by atoms with Crippen LogP contribution in [0, 0.1) is 20.8 Å². The lowest BCUT2D eigenvalue weighted by Crippen LogP contribution is -1.94. The van der Waals surface area contributed by atoms with E-state index in [0.717, 1.165) is 11.4 Å². The Hall–Kier alpha value is -8.00. The highest BCUT2D eigenvalue weighted by Gasteiger charge is 2.12. The van der Waals surface area contributed by atoms with Gasteiger partial charge in [-0.3, -0.25) is 0 Å². The molecule has 1 N–H and O–H groups in total. The van der Waals surface area contributed by atoms with E-state index in [1.165, 1.54) is 105 Å². The van der Waals surface area contributed by atoms with E-state index in [1.54, 1.807) is 0 Å². The van der Waals surface area contributed by atoms with E-state index >= 15 is 0 Å². The molecule has 0 saturated heterocycles. The van der Waals surface area contributed by atoms with Crippen LogP contribution in [0.3, 0.4) is 0 Å². The van der Waals surface area contributed by atoms with Gasteiger partial charge in [0.1, 0.15) is 0 Å². The smallest absolute Gasteiger partial charge is 0.0463 e. The zero-order valence-corrected chi connectivity index (χ0v) is 36.5. The largest absolute Gasteiger partial charge is 0.355 e. The Bertz CT molecular complexity index is 3380. The van der Waals surface area contributed by atoms with E-state index < -0.39 is 0 Å². The molecule has 0 spiro atoms. The summed E-state index contributed by atoms with van der Waals surface area (Å²) < 4.78 is 0. The number of aryl methyl sites for hydroxylation is 3. The molecule has 0 aliphatic rings. The fourth-order valence-electron chi connectivity index (χ4n) is 9.09. The molecule has 0 heterocycles. The summed E-state index contributed by atoms with van der Waals surface area (Å²) in [7, 11) is 0. The first-order chi connectivity index (χ1) is 31.5. The predicted octanol–water partition coefficient (Wildman–Crippen LogP) is 17.8. The van der Waals surface area contributed by atoms with Crippen molar-refractivity contribution < 1.29 is 0 Å². The lowest BCUT2D eigenvalue weighted by Gasteiger charge is -2.15. The zero-order valence-electron chi connectivity index (χ0n) is 36.5. The van der Waals surface area contributed by atoms with Gasteiger partial charge in [0.15, 0.2) is 0 Å². The normalized spacial score (nSPS) is 11.0. The number of nitrogens with one attached hydrogen (secondary N) is 1. The van der Waals surface area contributed by atoms with Crippen LogP contribution in [0.25, 0.3) is 88.0 Å². The highest BCUT2D eigenvalue weighted by atomic mass is 14.9. The molecule has 64 heavy (non-hydrogen) atoms. The molecule has 0 saturated carbocycles. The Morgan fingerprint density at radius 2 is 0.703 bits per heavy atom. The number of benzene rings is 11. The van der Waals surface area contributed by atoms with Crippen LogP contribution in [-0.4, -0.2) is 0 Å².